The van der Waals surface area contributed by atoms with E-state index in [0.717, 1.165) is 72.6 Å². The molecule has 2 saturated heterocycles. The van der Waals surface area contributed by atoms with Gasteiger partial charge in [-0.2, -0.15) is 5.10 Å². The highest BCUT2D eigenvalue weighted by Gasteiger charge is 2.44. The summed E-state index contributed by atoms with van der Waals surface area (Å²) in [5.74, 6) is -0.404. The standard InChI is InChI=1S/C50H63N9O7S/c1-32-45(67-31-52-32)35-15-13-33(14-16-35)28-51-48(64)43-26-36(61)29-59(43)49(65)46(50(2,3)4)56-44(62)12-7-5-6-8-25-66-37-17-18-40(42(27-37)58-23-20-34(30-60)21-24-58)55-47(63)41-11-9-10-38(54-41)39-19-22-53-57-39/h9-11,13-19,22,27,31,34,36,43,46,60-61H,5-8,12,20-21,23-26,28-30H2,1-4H3,(H,51,64)(H,53,57)(H,55,63)(H,56,62)/t36-,43+,46-/m1/s1. The first-order valence-corrected chi connectivity index (χ1v) is 24.1. The van der Waals surface area contributed by atoms with E-state index in [1.54, 1.807) is 35.7 Å². The Kier molecular flexibility index (Phi) is 16.4. The first-order valence-electron chi connectivity index (χ1n) is 23.2. The van der Waals surface area contributed by atoms with E-state index in [0.29, 0.717) is 35.9 Å². The molecule has 356 valence electrons. The van der Waals surface area contributed by atoms with Gasteiger partial charge in [-0.25, -0.2) is 9.97 Å². The Morgan fingerprint density at radius 1 is 0.985 bits per heavy atom. The van der Waals surface area contributed by atoms with Crippen molar-refractivity contribution >= 4 is 46.3 Å². The average molecular weight is 934 g/mol. The number of benzene rings is 2. The lowest BCUT2D eigenvalue weighted by molar-refractivity contribution is -0.144. The van der Waals surface area contributed by atoms with Crippen LogP contribution in [-0.4, -0.2) is 110 Å². The molecular formula is C50H63N9O7S. The Labute approximate surface area is 395 Å². The van der Waals surface area contributed by atoms with E-state index >= 15 is 0 Å². The van der Waals surface area contributed by atoms with Crippen LogP contribution >= 0.6 is 11.3 Å². The second-order valence-corrected chi connectivity index (χ2v) is 19.4. The number of hydrogen-bond acceptors (Lipinski definition) is 12. The molecule has 0 spiro atoms. The number of aryl methyl sites for hydroxylation is 1. The minimum absolute atomic E-state index is 0.0101. The molecule has 6 N–H and O–H groups in total. The number of aliphatic hydroxyl groups excluding tert-OH is 2. The summed E-state index contributed by atoms with van der Waals surface area (Å²) in [6.45, 7) is 9.96. The van der Waals surface area contributed by atoms with E-state index in [1.165, 1.54) is 4.90 Å². The number of aliphatic hydroxyl groups is 2. The largest absolute Gasteiger partial charge is 0.494 e. The van der Waals surface area contributed by atoms with Crippen molar-refractivity contribution in [3.63, 3.8) is 0 Å². The molecule has 3 aromatic heterocycles. The molecule has 0 radical (unpaired) electrons. The van der Waals surface area contributed by atoms with Gasteiger partial charge in [-0.3, -0.25) is 24.3 Å². The third kappa shape index (κ3) is 12.8. The second kappa shape index (κ2) is 22.5. The molecule has 16 nitrogen and oxygen atoms in total. The van der Waals surface area contributed by atoms with E-state index in [9.17, 15) is 29.4 Å². The Morgan fingerprint density at radius 3 is 2.46 bits per heavy atom. The molecule has 2 aromatic carbocycles. The van der Waals surface area contributed by atoms with E-state index in [4.69, 9.17) is 4.74 Å². The van der Waals surface area contributed by atoms with Gasteiger partial charge in [-0.1, -0.05) is 63.9 Å². The number of thiazole rings is 1. The Morgan fingerprint density at radius 2 is 1.76 bits per heavy atom. The third-order valence-corrected chi connectivity index (χ3v) is 13.4. The van der Waals surface area contributed by atoms with Gasteiger partial charge in [-0.15, -0.1) is 11.3 Å². The Hall–Kier alpha value is -6.17. The predicted octanol–water partition coefficient (Wildman–Crippen LogP) is 6.50. The topological polar surface area (TPSA) is 215 Å². The second-order valence-electron chi connectivity index (χ2n) is 18.6. The summed E-state index contributed by atoms with van der Waals surface area (Å²) >= 11 is 1.58. The highest BCUT2D eigenvalue weighted by molar-refractivity contribution is 7.13. The number of nitrogens with one attached hydrogen (secondary N) is 4. The van der Waals surface area contributed by atoms with Crippen molar-refractivity contribution in [2.75, 3.05) is 43.1 Å². The summed E-state index contributed by atoms with van der Waals surface area (Å²) in [7, 11) is 0. The zero-order chi connectivity index (χ0) is 47.5. The number of aromatic nitrogens is 4. The maximum atomic E-state index is 14.1. The molecule has 0 aliphatic carbocycles. The van der Waals surface area contributed by atoms with Gasteiger partial charge in [0.25, 0.3) is 5.91 Å². The number of likely N-dealkylation sites (tertiary alicyclic amines) is 1. The van der Waals surface area contributed by atoms with Crippen molar-refractivity contribution in [2.24, 2.45) is 11.3 Å². The molecule has 5 aromatic rings. The van der Waals surface area contributed by atoms with Gasteiger partial charge in [0.1, 0.15) is 23.5 Å². The third-order valence-electron chi connectivity index (χ3n) is 12.5. The highest BCUT2D eigenvalue weighted by Crippen LogP contribution is 2.35. The number of carbonyl (C=O) groups excluding carboxylic acids is 4. The first-order chi connectivity index (χ1) is 32.3. The quantitative estimate of drug-likeness (QED) is 0.0492. The molecular weight excluding hydrogens is 871 g/mol. The number of unbranched alkanes of at least 4 members (excludes halogenated alkanes) is 3. The van der Waals surface area contributed by atoms with Crippen LogP contribution in [-0.2, 0) is 20.9 Å². The minimum Gasteiger partial charge on any atom is -0.494 e. The molecule has 0 bridgehead atoms. The number of rotatable bonds is 19. The number of piperidine rings is 1. The first kappa shape index (κ1) is 48.8. The number of carbonyl (C=O) groups is 4. The van der Waals surface area contributed by atoms with Crippen molar-refractivity contribution < 1.29 is 34.1 Å². The van der Waals surface area contributed by atoms with Gasteiger partial charge in [0.15, 0.2) is 0 Å². The molecule has 2 aliphatic heterocycles. The number of amides is 4. The summed E-state index contributed by atoms with van der Waals surface area (Å²) in [6.07, 6.45) is 5.80. The van der Waals surface area contributed by atoms with E-state index < -0.39 is 23.6 Å². The van der Waals surface area contributed by atoms with E-state index in [-0.39, 0.29) is 67.8 Å². The zero-order valence-corrected chi connectivity index (χ0v) is 39.6. The van der Waals surface area contributed by atoms with Gasteiger partial charge >= 0.3 is 0 Å². The average Bonchev–Trinajstić information content (AvgIpc) is 4.12. The maximum Gasteiger partial charge on any atom is 0.274 e. The fourth-order valence-electron chi connectivity index (χ4n) is 8.57. The molecule has 7 rings (SSSR count). The molecule has 67 heavy (non-hydrogen) atoms. The van der Waals surface area contributed by atoms with Crippen LogP contribution in [0.25, 0.3) is 21.8 Å². The van der Waals surface area contributed by atoms with Gasteiger partial charge < -0.3 is 40.7 Å². The van der Waals surface area contributed by atoms with Gasteiger partial charge in [-0.05, 0) is 85.4 Å². The number of β-amino-alcohol motifs (C(OH)–C–C–N with tert-alkyl or cyclic N) is 1. The summed E-state index contributed by atoms with van der Waals surface area (Å²) in [5, 5.41) is 36.2. The van der Waals surface area contributed by atoms with Crippen LogP contribution in [0.3, 0.4) is 0 Å². The number of ether oxygens (including phenoxy) is 1. The van der Waals surface area contributed by atoms with Crippen LogP contribution in [0.4, 0.5) is 11.4 Å². The van der Waals surface area contributed by atoms with Gasteiger partial charge in [0, 0.05) is 57.9 Å². The van der Waals surface area contributed by atoms with Crippen LogP contribution in [0.15, 0.2) is 78.4 Å². The smallest absolute Gasteiger partial charge is 0.274 e. The molecule has 17 heteroatoms. The number of anilines is 2. The normalized spacial score (nSPS) is 17.0. The predicted molar refractivity (Wildman–Crippen MR) is 258 cm³/mol. The fourth-order valence-corrected chi connectivity index (χ4v) is 9.38. The molecule has 2 fully saturated rings. The van der Waals surface area contributed by atoms with Crippen molar-refractivity contribution in [1.82, 2.24) is 35.7 Å². The summed E-state index contributed by atoms with van der Waals surface area (Å²) in [4.78, 5) is 67.9. The molecule has 3 atom stereocenters. The number of nitrogens with zero attached hydrogens (tertiary/aromatic N) is 5. The highest BCUT2D eigenvalue weighted by atomic mass is 32.1. The van der Waals surface area contributed by atoms with E-state index in [2.05, 4.69) is 41.0 Å². The van der Waals surface area contributed by atoms with Crippen molar-refractivity contribution in [2.45, 2.75) is 104 Å². The van der Waals surface area contributed by atoms with Crippen LogP contribution < -0.4 is 25.6 Å². The SMILES string of the molecule is Cc1ncsc1-c1ccc(CNC(=O)[C@@H]2C[C@@H](O)CN2C(=O)[C@@H](NC(=O)CCCCCCOc2ccc(NC(=O)c3cccc(-c4ccn[nH]4)n3)c(N3CCC(CO)CC3)c2)C(C)(C)C)cc1. The summed E-state index contributed by atoms with van der Waals surface area (Å²) in [6, 6.07) is 18.9. The van der Waals surface area contributed by atoms with Crippen molar-refractivity contribution in [3.05, 3.63) is 95.4 Å². The summed E-state index contributed by atoms with van der Waals surface area (Å²) in [5.41, 5.74) is 7.16. The van der Waals surface area contributed by atoms with Crippen molar-refractivity contribution in [3.8, 4) is 27.6 Å². The number of pyridine rings is 1. The number of hydrogen-bond donors (Lipinski definition) is 6. The van der Waals surface area contributed by atoms with Crippen LogP contribution in [0.5, 0.6) is 5.75 Å². The lowest BCUT2D eigenvalue weighted by atomic mass is 9.85. The van der Waals surface area contributed by atoms with Gasteiger partial charge in [0.2, 0.25) is 17.7 Å². The molecule has 4 amide bonds. The number of aromatic amines is 1. The minimum atomic E-state index is -0.891. The zero-order valence-electron chi connectivity index (χ0n) is 38.8. The molecule has 2 aliphatic rings. The monoisotopic (exact) mass is 933 g/mol. The Balaban J connectivity index is 0.869. The molecule has 5 heterocycles. The van der Waals surface area contributed by atoms with Crippen LogP contribution in [0.1, 0.15) is 93.9 Å². The summed E-state index contributed by atoms with van der Waals surface area (Å²) < 4.78 is 6.20. The van der Waals surface area contributed by atoms with E-state index in [1.807, 2.05) is 81.7 Å². The Bertz CT molecular complexity index is 2450. The lowest BCUT2D eigenvalue weighted by Gasteiger charge is -2.35. The molecule has 0 unspecified atom stereocenters. The van der Waals surface area contributed by atoms with Crippen LogP contribution in [0.2, 0.25) is 0 Å². The lowest BCUT2D eigenvalue weighted by Crippen LogP contribution is -2.57. The van der Waals surface area contributed by atoms with Crippen LogP contribution in [0, 0.1) is 18.3 Å². The van der Waals surface area contributed by atoms with Crippen molar-refractivity contribution in [1.29, 1.82) is 0 Å². The fraction of sp³-hybridized carbons (Fsp3) is 0.460. The van der Waals surface area contributed by atoms with Gasteiger partial charge in [0.05, 0.1) is 51.6 Å². The maximum absolute atomic E-state index is 14.1. The molecule has 0 saturated carbocycles. The number of H-pyrrole nitrogens is 1.